The highest BCUT2D eigenvalue weighted by atomic mass is 79.9. The third-order valence-electron chi connectivity index (χ3n) is 2.65. The zero-order valence-electron chi connectivity index (χ0n) is 8.42. The maximum absolute atomic E-state index is 9.09. The van der Waals surface area contributed by atoms with Gasteiger partial charge >= 0.3 is 0 Å². The van der Waals surface area contributed by atoms with E-state index in [-0.39, 0.29) is 4.75 Å². The van der Waals surface area contributed by atoms with Crippen LogP contribution in [0.3, 0.4) is 0 Å². The Hall–Kier alpha value is 0.0200. The molecular weight excluding hydrogens is 260 g/mol. The number of nitrogens with zero attached hydrogens (tertiary/aromatic N) is 2. The molecule has 14 heavy (non-hydrogen) atoms. The van der Waals surface area contributed by atoms with Crippen LogP contribution in [0.4, 0.5) is 0 Å². The van der Waals surface area contributed by atoms with Crippen molar-refractivity contribution < 1.29 is 0 Å². The van der Waals surface area contributed by atoms with Gasteiger partial charge in [-0.05, 0) is 19.1 Å². The Kier molecular flexibility index (Phi) is 4.49. The Morgan fingerprint density at radius 2 is 2.21 bits per heavy atom. The number of rotatable bonds is 3. The summed E-state index contributed by atoms with van der Waals surface area (Å²) in [6, 6.07) is 2.44. The van der Waals surface area contributed by atoms with Crippen molar-refractivity contribution in [3.8, 4) is 6.07 Å². The van der Waals surface area contributed by atoms with Crippen molar-refractivity contribution in [2.24, 2.45) is 0 Å². The second-order valence-corrected chi connectivity index (χ2v) is 5.91. The van der Waals surface area contributed by atoms with Gasteiger partial charge in [0.05, 0.1) is 6.07 Å². The van der Waals surface area contributed by atoms with E-state index in [9.17, 15) is 0 Å². The largest absolute Gasteiger partial charge is 0.298 e. The minimum absolute atomic E-state index is 0.135. The maximum atomic E-state index is 9.09. The van der Waals surface area contributed by atoms with E-state index in [2.05, 4.69) is 33.5 Å². The number of nitriles is 1. The van der Waals surface area contributed by atoms with Gasteiger partial charge < -0.3 is 0 Å². The zero-order valence-corrected chi connectivity index (χ0v) is 10.8. The van der Waals surface area contributed by atoms with Crippen molar-refractivity contribution in [1.29, 1.82) is 5.26 Å². The molecule has 0 aliphatic carbocycles. The van der Waals surface area contributed by atoms with Crippen molar-refractivity contribution in [1.82, 2.24) is 4.90 Å². The highest BCUT2D eigenvalue weighted by Crippen LogP contribution is 2.33. The molecule has 78 valence electrons. The smallest absolute Gasteiger partial charge is 0.104 e. The van der Waals surface area contributed by atoms with E-state index in [4.69, 9.17) is 5.26 Å². The van der Waals surface area contributed by atoms with Gasteiger partial charge in [0.1, 0.15) is 4.75 Å². The van der Waals surface area contributed by atoms with E-state index in [1.807, 2.05) is 6.26 Å². The number of hydrogen-bond donors (Lipinski definition) is 0. The van der Waals surface area contributed by atoms with Gasteiger partial charge in [0, 0.05) is 24.1 Å². The molecule has 0 unspecified atom stereocenters. The van der Waals surface area contributed by atoms with E-state index in [0.717, 1.165) is 37.0 Å². The van der Waals surface area contributed by atoms with Crippen LogP contribution in [0.15, 0.2) is 11.1 Å². The second-order valence-electron chi connectivity index (χ2n) is 3.60. The van der Waals surface area contributed by atoms with E-state index in [1.54, 1.807) is 11.8 Å². The molecule has 1 fully saturated rings. The molecule has 1 aliphatic rings. The lowest BCUT2D eigenvalue weighted by Crippen LogP contribution is -2.41. The van der Waals surface area contributed by atoms with Crippen LogP contribution >= 0.6 is 27.7 Å². The Balaban J connectivity index is 2.45. The predicted molar refractivity (Wildman–Crippen MR) is 65.6 cm³/mol. The molecule has 1 saturated heterocycles. The van der Waals surface area contributed by atoms with Crippen molar-refractivity contribution in [3.63, 3.8) is 0 Å². The first-order valence-corrected chi connectivity index (χ1v) is 6.66. The molecule has 0 N–H and O–H groups in total. The highest BCUT2D eigenvalue weighted by molar-refractivity contribution is 9.11. The van der Waals surface area contributed by atoms with Gasteiger partial charge in [-0.1, -0.05) is 22.5 Å². The minimum atomic E-state index is -0.135. The summed E-state index contributed by atoms with van der Waals surface area (Å²) in [6.45, 7) is 6.73. The van der Waals surface area contributed by atoms with E-state index < -0.39 is 0 Å². The van der Waals surface area contributed by atoms with Gasteiger partial charge in [-0.2, -0.15) is 5.26 Å². The molecule has 2 nitrogen and oxygen atoms in total. The first-order chi connectivity index (χ1) is 6.62. The molecule has 1 heterocycles. The van der Waals surface area contributed by atoms with Crippen molar-refractivity contribution in [2.45, 2.75) is 17.6 Å². The van der Waals surface area contributed by atoms with Gasteiger partial charge in [0.2, 0.25) is 0 Å². The summed E-state index contributed by atoms with van der Waals surface area (Å²) in [7, 11) is 0. The van der Waals surface area contributed by atoms with E-state index >= 15 is 0 Å². The summed E-state index contributed by atoms with van der Waals surface area (Å²) in [5.41, 5.74) is 0. The van der Waals surface area contributed by atoms with Gasteiger partial charge in [0.15, 0.2) is 0 Å². The topological polar surface area (TPSA) is 27.0 Å². The van der Waals surface area contributed by atoms with Crippen LogP contribution in [-0.2, 0) is 0 Å². The van der Waals surface area contributed by atoms with Crippen molar-refractivity contribution in [3.05, 3.63) is 11.1 Å². The van der Waals surface area contributed by atoms with Crippen LogP contribution in [0.1, 0.15) is 12.8 Å². The average Bonchev–Trinajstić information content (AvgIpc) is 2.19. The Morgan fingerprint density at radius 1 is 1.64 bits per heavy atom. The molecule has 0 spiro atoms. The summed E-state index contributed by atoms with van der Waals surface area (Å²) in [5, 5.41) is 9.09. The first kappa shape index (κ1) is 12.1. The van der Waals surface area contributed by atoms with Crippen molar-refractivity contribution >= 4 is 27.7 Å². The van der Waals surface area contributed by atoms with Gasteiger partial charge in [-0.25, -0.2) is 0 Å². The first-order valence-electron chi connectivity index (χ1n) is 4.64. The molecule has 0 saturated carbocycles. The molecule has 0 bridgehead atoms. The Labute approximate surface area is 98.5 Å². The lowest BCUT2D eigenvalue weighted by Gasteiger charge is -2.35. The third kappa shape index (κ3) is 3.01. The highest BCUT2D eigenvalue weighted by Gasteiger charge is 2.33. The Bertz CT molecular complexity index is 251. The summed E-state index contributed by atoms with van der Waals surface area (Å²) < 4.78 is 0.885. The lowest BCUT2D eigenvalue weighted by atomic mass is 9.97. The lowest BCUT2D eigenvalue weighted by molar-refractivity contribution is 0.237. The van der Waals surface area contributed by atoms with Crippen LogP contribution < -0.4 is 0 Å². The number of piperidine rings is 1. The molecule has 0 atom stereocenters. The average molecular weight is 275 g/mol. The molecule has 1 aliphatic heterocycles. The maximum Gasteiger partial charge on any atom is 0.104 e. The molecule has 0 radical (unpaired) electrons. The van der Waals surface area contributed by atoms with Gasteiger partial charge in [-0.15, -0.1) is 11.8 Å². The predicted octanol–water partition coefficient (Wildman–Crippen LogP) is 2.62. The molecule has 4 heteroatoms. The monoisotopic (exact) mass is 274 g/mol. The number of thioether (sulfide) groups is 1. The van der Waals surface area contributed by atoms with Crippen molar-refractivity contribution in [2.75, 3.05) is 25.9 Å². The van der Waals surface area contributed by atoms with Crippen LogP contribution in [0.2, 0.25) is 0 Å². The van der Waals surface area contributed by atoms with Crippen LogP contribution in [0.25, 0.3) is 0 Å². The molecule has 0 aromatic rings. The van der Waals surface area contributed by atoms with Crippen LogP contribution in [-0.4, -0.2) is 35.5 Å². The quantitative estimate of drug-likeness (QED) is 0.792. The number of halogens is 1. The number of likely N-dealkylation sites (tertiary alicyclic amines) is 1. The molecule has 1 rings (SSSR count). The fourth-order valence-corrected chi connectivity index (χ4v) is 2.71. The summed E-state index contributed by atoms with van der Waals surface area (Å²) in [5.74, 6) is 0. The van der Waals surface area contributed by atoms with Crippen LogP contribution in [0.5, 0.6) is 0 Å². The van der Waals surface area contributed by atoms with Gasteiger partial charge in [0.25, 0.3) is 0 Å². The SMILES string of the molecule is C=C(Br)CN1CCC(C#N)(SC)CC1. The molecule has 0 aromatic heterocycles. The fourth-order valence-electron chi connectivity index (χ4n) is 1.68. The summed E-state index contributed by atoms with van der Waals surface area (Å²) in [6.07, 6.45) is 3.96. The number of hydrogen-bond acceptors (Lipinski definition) is 3. The van der Waals surface area contributed by atoms with Gasteiger partial charge in [-0.3, -0.25) is 4.90 Å². The summed E-state index contributed by atoms with van der Waals surface area (Å²) in [4.78, 5) is 2.34. The molecular formula is C10H15BrN2S. The van der Waals surface area contributed by atoms with Crippen LogP contribution in [0, 0.1) is 11.3 Å². The zero-order chi connectivity index (χ0) is 10.6. The fraction of sp³-hybridized carbons (Fsp3) is 0.700. The molecule has 0 aromatic carbocycles. The minimum Gasteiger partial charge on any atom is -0.298 e. The normalized spacial score (nSPS) is 21.5. The second kappa shape index (κ2) is 5.20. The van der Waals surface area contributed by atoms with E-state index in [0.29, 0.717) is 0 Å². The molecule has 0 amide bonds. The standard InChI is InChI=1S/C10H15BrN2S/c1-9(11)7-13-5-3-10(8-12,14-2)4-6-13/h1,3-7H2,2H3. The van der Waals surface area contributed by atoms with E-state index in [1.165, 1.54) is 0 Å². The Morgan fingerprint density at radius 3 is 2.57 bits per heavy atom. The summed E-state index contributed by atoms with van der Waals surface area (Å²) >= 11 is 5.06. The third-order valence-corrected chi connectivity index (χ3v) is 4.19.